The molecule has 0 bridgehead atoms. The molecule has 0 saturated carbocycles. The van der Waals surface area contributed by atoms with Crippen LogP contribution in [0.4, 0.5) is 10.5 Å². The molecule has 1 N–H and O–H groups in total. The molecule has 2 aromatic rings. The number of carbonyl (C=O) groups is 4. The van der Waals surface area contributed by atoms with Crippen molar-refractivity contribution in [3.8, 4) is 0 Å². The highest BCUT2D eigenvalue weighted by Gasteiger charge is 2.52. The molecule has 58 heavy (non-hydrogen) atoms. The van der Waals surface area contributed by atoms with Gasteiger partial charge in [0.25, 0.3) is 0 Å². The second-order valence-corrected chi connectivity index (χ2v) is 17.0. The first-order valence-electron chi connectivity index (χ1n) is 20.7. The molecule has 2 fully saturated rings. The van der Waals surface area contributed by atoms with Gasteiger partial charge in [-0.15, -0.1) is 0 Å². The largest absolute Gasteiger partial charge is 0.463 e. The van der Waals surface area contributed by atoms with Crippen LogP contribution in [0, 0.1) is 17.3 Å². The monoisotopic (exact) mass is 809 g/mol. The van der Waals surface area contributed by atoms with Crippen molar-refractivity contribution in [3.05, 3.63) is 66.2 Å². The Morgan fingerprint density at radius 1 is 0.983 bits per heavy atom. The van der Waals surface area contributed by atoms with Gasteiger partial charge in [0, 0.05) is 31.3 Å². The van der Waals surface area contributed by atoms with E-state index in [1.165, 1.54) is 0 Å². The fourth-order valence-electron chi connectivity index (χ4n) is 8.34. The molecule has 2 heterocycles. The Bertz CT molecular complexity index is 1620. The topological polar surface area (TPSA) is 142 Å². The van der Waals surface area contributed by atoms with Crippen LogP contribution >= 0.6 is 0 Å². The van der Waals surface area contributed by atoms with Crippen molar-refractivity contribution in [1.82, 2.24) is 9.80 Å². The van der Waals surface area contributed by atoms with E-state index in [1.807, 2.05) is 57.1 Å². The second-order valence-electron chi connectivity index (χ2n) is 17.0. The molecule has 2 aliphatic rings. The molecule has 0 spiro atoms. The molecule has 13 nitrogen and oxygen atoms in total. The molecular formula is C45H67N3O10. The van der Waals surface area contributed by atoms with Crippen molar-refractivity contribution >= 4 is 29.5 Å². The van der Waals surface area contributed by atoms with Gasteiger partial charge >= 0.3 is 18.0 Å². The summed E-state index contributed by atoms with van der Waals surface area (Å²) >= 11 is 0. The summed E-state index contributed by atoms with van der Waals surface area (Å²) in [6, 6.07) is 17.4. The molecule has 0 radical (unpaired) electrons. The first-order valence-corrected chi connectivity index (χ1v) is 20.7. The maximum absolute atomic E-state index is 14.6. The van der Waals surface area contributed by atoms with Crippen molar-refractivity contribution in [3.63, 3.8) is 0 Å². The molecule has 0 aromatic heterocycles. The van der Waals surface area contributed by atoms with E-state index in [0.29, 0.717) is 43.5 Å². The van der Waals surface area contributed by atoms with E-state index in [0.717, 1.165) is 13.0 Å². The number of nitrogens with one attached hydrogen (secondary N) is 1. The molecular weight excluding hydrogens is 743 g/mol. The minimum Gasteiger partial charge on any atom is -0.463 e. The number of hydrogen-bond acceptors (Lipinski definition) is 12. The Hall–Kier alpha value is -3.88. The number of cyclic esters (lactones) is 1. The van der Waals surface area contributed by atoms with Gasteiger partial charge in [-0.25, -0.2) is 9.59 Å². The van der Waals surface area contributed by atoms with E-state index in [1.54, 1.807) is 64.3 Å². The summed E-state index contributed by atoms with van der Waals surface area (Å²) in [4.78, 5) is 58.9. The van der Waals surface area contributed by atoms with Crippen LogP contribution in [0.2, 0.25) is 0 Å². The summed E-state index contributed by atoms with van der Waals surface area (Å²) < 4.78 is 37.5. The third kappa shape index (κ3) is 12.3. The molecule has 9 atom stereocenters. The molecule has 322 valence electrons. The maximum Gasteiger partial charge on any atom is 0.411 e. The van der Waals surface area contributed by atoms with Crippen LogP contribution in [0.5, 0.6) is 0 Å². The van der Waals surface area contributed by atoms with E-state index in [2.05, 4.69) is 24.1 Å². The van der Waals surface area contributed by atoms with Crippen LogP contribution in [0.25, 0.3) is 0 Å². The summed E-state index contributed by atoms with van der Waals surface area (Å²) in [5, 5.41) is 2.73. The average Bonchev–Trinajstić information content (AvgIpc) is 3.19. The van der Waals surface area contributed by atoms with Gasteiger partial charge in [0.1, 0.15) is 12.0 Å². The third-order valence-corrected chi connectivity index (χ3v) is 11.5. The zero-order valence-electron chi connectivity index (χ0n) is 36.2. The SMILES string of the molecule is CCCN1C[C@H](C)C[C@@](C)(OC)[C@H](O[C@H]2O[C@H](C)C[C@@H](N(C)C)[C@H]2OC(=O)c2ccccc2)[C@@H](C)C(=O)C(C)(C)C(=O)OC[C@H]1CCCOC(=O)Nc1ccccc1. The van der Waals surface area contributed by atoms with Gasteiger partial charge in [-0.1, -0.05) is 57.2 Å². The number of rotatable bonds is 13. The lowest BCUT2D eigenvalue weighted by Gasteiger charge is -2.48. The lowest BCUT2D eigenvalue weighted by atomic mass is 9.74. The van der Waals surface area contributed by atoms with E-state index in [9.17, 15) is 19.2 Å². The van der Waals surface area contributed by atoms with Crippen molar-refractivity contribution in [1.29, 1.82) is 0 Å². The van der Waals surface area contributed by atoms with Crippen molar-refractivity contribution in [2.24, 2.45) is 17.3 Å². The van der Waals surface area contributed by atoms with Gasteiger partial charge < -0.3 is 33.3 Å². The highest BCUT2D eigenvalue weighted by Crippen LogP contribution is 2.39. The second kappa shape index (κ2) is 21.4. The fraction of sp³-hybridized carbons (Fsp3) is 0.644. The zero-order chi connectivity index (χ0) is 42.6. The van der Waals surface area contributed by atoms with E-state index in [4.69, 9.17) is 28.4 Å². The Morgan fingerprint density at radius 2 is 1.64 bits per heavy atom. The molecule has 4 rings (SSSR count). The van der Waals surface area contributed by atoms with Crippen LogP contribution < -0.4 is 5.32 Å². The van der Waals surface area contributed by atoms with Gasteiger partial charge in [0.2, 0.25) is 0 Å². The van der Waals surface area contributed by atoms with Crippen molar-refractivity contribution < 1.29 is 47.6 Å². The average molecular weight is 810 g/mol. The normalized spacial score (nSPS) is 30.0. The van der Waals surface area contributed by atoms with Gasteiger partial charge in [-0.05, 0) is 111 Å². The molecule has 1 amide bonds. The number of carbonyl (C=O) groups excluding carboxylic acids is 4. The fourth-order valence-corrected chi connectivity index (χ4v) is 8.34. The number of Topliss-reactive ketones (excluding diaryl/α,β-unsaturated/α-hetero) is 1. The van der Waals surface area contributed by atoms with E-state index in [-0.39, 0.29) is 43.1 Å². The molecule has 2 aliphatic heterocycles. The number of ether oxygens (including phenoxy) is 6. The number of para-hydroxylation sites is 1. The number of ketones is 1. The Balaban J connectivity index is 1.62. The molecule has 13 heteroatoms. The van der Waals surface area contributed by atoms with Gasteiger partial charge in [0.15, 0.2) is 18.2 Å². The standard InChI is InChI=1S/C45H67N3O10/c1-11-24-48-28-30(2)27-45(7,53-10)39(58-41-37(36(47(8)9)26-31(3)56-41)57-40(50)33-19-14-12-15-20-33)32(4)38(49)44(5,6)42(51)55-29-35(48)23-18-25-54-43(52)46-34-21-16-13-17-22-34/h12-17,19-22,30-32,35-37,39,41H,11,18,23-29H2,1-10H3,(H,46,52)/t30-,31-,32+,35-,36-,37-,39-,41-,45-/m1/s1. The molecule has 2 aromatic carbocycles. The number of anilines is 1. The third-order valence-electron chi connectivity index (χ3n) is 11.5. The highest BCUT2D eigenvalue weighted by atomic mass is 16.7. The molecule has 0 aliphatic carbocycles. The minimum absolute atomic E-state index is 0.0252. The number of esters is 2. The first-order chi connectivity index (χ1) is 27.5. The van der Waals surface area contributed by atoms with Crippen LogP contribution in [-0.2, 0) is 38.0 Å². The van der Waals surface area contributed by atoms with Crippen molar-refractivity contribution in [2.45, 2.75) is 123 Å². The molecule has 2 saturated heterocycles. The zero-order valence-corrected chi connectivity index (χ0v) is 36.2. The summed E-state index contributed by atoms with van der Waals surface area (Å²) in [6.07, 6.45) is -0.579. The molecule has 0 unspecified atom stereocenters. The predicted molar refractivity (Wildman–Crippen MR) is 221 cm³/mol. The lowest BCUT2D eigenvalue weighted by Crippen LogP contribution is -2.60. The minimum atomic E-state index is -1.54. The van der Waals surface area contributed by atoms with E-state index < -0.39 is 53.5 Å². The Kier molecular flexibility index (Phi) is 17.3. The van der Waals surface area contributed by atoms with Crippen LogP contribution in [0.15, 0.2) is 60.7 Å². The summed E-state index contributed by atoms with van der Waals surface area (Å²) in [6.45, 7) is 14.7. The summed E-state index contributed by atoms with van der Waals surface area (Å²) in [5.74, 6) is -2.37. The first kappa shape index (κ1) is 46.8. The number of amides is 1. The maximum atomic E-state index is 14.6. The van der Waals surface area contributed by atoms with Gasteiger partial charge in [0.05, 0.1) is 36.0 Å². The summed E-state index contributed by atoms with van der Waals surface area (Å²) in [5.41, 5.74) is -1.55. The lowest BCUT2D eigenvalue weighted by molar-refractivity contribution is -0.295. The number of likely N-dealkylation sites (N-methyl/N-ethyl adjacent to an activating group) is 1. The van der Waals surface area contributed by atoms with Gasteiger partial charge in [-0.3, -0.25) is 19.8 Å². The Labute approximate surface area is 345 Å². The quantitative estimate of drug-likeness (QED) is 0.0965. The summed E-state index contributed by atoms with van der Waals surface area (Å²) in [7, 11) is 5.46. The number of benzene rings is 2. The van der Waals surface area contributed by atoms with Crippen LogP contribution in [-0.4, -0.2) is 123 Å². The highest BCUT2D eigenvalue weighted by molar-refractivity contribution is 6.04. The smallest absolute Gasteiger partial charge is 0.411 e. The number of methoxy groups -OCH3 is 1. The number of hydrogen-bond donors (Lipinski definition) is 1. The Morgan fingerprint density at radius 3 is 2.26 bits per heavy atom. The number of nitrogens with zero attached hydrogens (tertiary/aromatic N) is 2. The van der Waals surface area contributed by atoms with E-state index >= 15 is 0 Å². The predicted octanol–water partition coefficient (Wildman–Crippen LogP) is 6.99. The van der Waals surface area contributed by atoms with Crippen LogP contribution in [0.3, 0.4) is 0 Å². The van der Waals surface area contributed by atoms with Crippen molar-refractivity contribution in [2.75, 3.05) is 52.8 Å². The van der Waals surface area contributed by atoms with Crippen LogP contribution in [0.1, 0.15) is 90.9 Å². The van der Waals surface area contributed by atoms with Gasteiger partial charge in [-0.2, -0.15) is 0 Å².